The molecule has 3 aromatic rings. The Morgan fingerprint density at radius 3 is 2.48 bits per heavy atom. The first-order valence-electron chi connectivity index (χ1n) is 7.64. The van der Waals surface area contributed by atoms with Crippen LogP contribution in [0.4, 0.5) is 11.8 Å². The summed E-state index contributed by atoms with van der Waals surface area (Å²) in [6.07, 6.45) is 1.63. The van der Waals surface area contributed by atoms with Crippen molar-refractivity contribution in [1.29, 1.82) is 5.26 Å². The van der Waals surface area contributed by atoms with Gasteiger partial charge in [0, 0.05) is 32.4 Å². The highest BCUT2D eigenvalue weighted by atomic mass is 15.3. The maximum absolute atomic E-state index is 8.84. The van der Waals surface area contributed by atoms with Crippen LogP contribution >= 0.6 is 0 Å². The van der Waals surface area contributed by atoms with E-state index in [1.54, 1.807) is 6.20 Å². The second kappa shape index (κ2) is 5.61. The quantitative estimate of drug-likeness (QED) is 0.785. The first kappa shape index (κ1) is 13.6. The summed E-state index contributed by atoms with van der Waals surface area (Å²) in [6.45, 7) is 3.55. The van der Waals surface area contributed by atoms with Crippen molar-refractivity contribution in [1.82, 2.24) is 15.0 Å². The summed E-state index contributed by atoms with van der Waals surface area (Å²) >= 11 is 0. The molecule has 114 valence electrons. The summed E-state index contributed by atoms with van der Waals surface area (Å²) < 4.78 is 0. The van der Waals surface area contributed by atoms with Gasteiger partial charge in [-0.1, -0.05) is 12.1 Å². The van der Waals surface area contributed by atoms with Crippen LogP contribution in [0.25, 0.3) is 11.0 Å². The van der Waals surface area contributed by atoms with Gasteiger partial charge in [-0.2, -0.15) is 5.26 Å². The third-order valence-electron chi connectivity index (χ3n) is 4.16. The number of hydrogen-bond donors (Lipinski definition) is 1. The summed E-state index contributed by atoms with van der Waals surface area (Å²) in [6, 6.07) is 13.9. The third-order valence-corrected chi connectivity index (χ3v) is 4.16. The van der Waals surface area contributed by atoms with E-state index in [1.165, 1.54) is 0 Å². The van der Waals surface area contributed by atoms with Crippen LogP contribution < -0.4 is 9.80 Å². The number of fused-ring (bicyclic) bond motifs is 1. The third kappa shape index (κ3) is 2.57. The molecule has 0 bridgehead atoms. The normalized spacial score (nSPS) is 14.9. The van der Waals surface area contributed by atoms with Crippen LogP contribution in [0.5, 0.6) is 0 Å². The lowest BCUT2D eigenvalue weighted by atomic mass is 10.3. The van der Waals surface area contributed by atoms with Gasteiger partial charge in [0.2, 0.25) is 5.95 Å². The summed E-state index contributed by atoms with van der Waals surface area (Å²) in [7, 11) is 0. The van der Waals surface area contributed by atoms with Gasteiger partial charge in [-0.05, 0) is 24.3 Å². The summed E-state index contributed by atoms with van der Waals surface area (Å²) in [5, 5.41) is 8.84. The molecule has 1 aliphatic heterocycles. The van der Waals surface area contributed by atoms with Gasteiger partial charge < -0.3 is 14.8 Å². The molecule has 0 amide bonds. The van der Waals surface area contributed by atoms with Crippen LogP contribution in [-0.2, 0) is 0 Å². The molecule has 0 unspecified atom stereocenters. The Bertz CT molecular complexity index is 820. The monoisotopic (exact) mass is 304 g/mol. The molecule has 0 atom stereocenters. The van der Waals surface area contributed by atoms with E-state index < -0.39 is 0 Å². The number of nitrogens with one attached hydrogen (secondary N) is 1. The van der Waals surface area contributed by atoms with E-state index in [0.29, 0.717) is 5.56 Å². The number of aromatic nitrogens is 3. The van der Waals surface area contributed by atoms with Gasteiger partial charge in [-0.15, -0.1) is 0 Å². The lowest BCUT2D eigenvalue weighted by Crippen LogP contribution is -2.47. The molecule has 0 spiro atoms. The maximum Gasteiger partial charge on any atom is 0.203 e. The van der Waals surface area contributed by atoms with Crippen molar-refractivity contribution in [2.45, 2.75) is 0 Å². The minimum atomic E-state index is 0.592. The highest BCUT2D eigenvalue weighted by Crippen LogP contribution is 2.20. The number of aromatic amines is 1. The molecule has 23 heavy (non-hydrogen) atoms. The number of rotatable bonds is 2. The number of piperazine rings is 1. The van der Waals surface area contributed by atoms with Crippen LogP contribution in [0.2, 0.25) is 0 Å². The number of hydrogen-bond acceptors (Lipinski definition) is 5. The zero-order chi connectivity index (χ0) is 15.6. The van der Waals surface area contributed by atoms with Gasteiger partial charge in [0.1, 0.15) is 11.9 Å². The molecule has 0 saturated carbocycles. The predicted molar refractivity (Wildman–Crippen MR) is 89.5 cm³/mol. The number of benzene rings is 1. The van der Waals surface area contributed by atoms with Crippen molar-refractivity contribution in [2.24, 2.45) is 0 Å². The molecule has 6 heteroatoms. The standard InChI is InChI=1S/C17H16N6/c18-11-13-5-6-16(19-12-13)22-7-9-23(10-8-22)17-20-14-3-1-2-4-15(14)21-17/h1-6,12H,7-10H2,(H,20,21). The van der Waals surface area contributed by atoms with E-state index in [1.807, 2.05) is 36.4 Å². The molecule has 1 saturated heterocycles. The highest BCUT2D eigenvalue weighted by molar-refractivity contribution is 5.77. The van der Waals surface area contributed by atoms with Crippen LogP contribution in [0.1, 0.15) is 5.56 Å². The second-order valence-corrected chi connectivity index (χ2v) is 5.57. The van der Waals surface area contributed by atoms with Crippen molar-refractivity contribution in [2.75, 3.05) is 36.0 Å². The predicted octanol–water partition coefficient (Wildman–Crippen LogP) is 2.16. The lowest BCUT2D eigenvalue weighted by molar-refractivity contribution is 0.638. The molecule has 0 aliphatic carbocycles. The van der Waals surface area contributed by atoms with Gasteiger partial charge >= 0.3 is 0 Å². The molecule has 4 rings (SSSR count). The van der Waals surface area contributed by atoms with Crippen LogP contribution in [0.15, 0.2) is 42.6 Å². The van der Waals surface area contributed by atoms with Gasteiger partial charge in [0.05, 0.1) is 16.6 Å². The van der Waals surface area contributed by atoms with E-state index in [9.17, 15) is 0 Å². The van der Waals surface area contributed by atoms with E-state index >= 15 is 0 Å². The molecule has 3 heterocycles. The van der Waals surface area contributed by atoms with Gasteiger partial charge in [0.25, 0.3) is 0 Å². The number of nitrogens with zero attached hydrogens (tertiary/aromatic N) is 5. The summed E-state index contributed by atoms with van der Waals surface area (Å²) in [5.41, 5.74) is 2.66. The first-order valence-corrected chi connectivity index (χ1v) is 7.64. The van der Waals surface area contributed by atoms with Crippen LogP contribution in [0, 0.1) is 11.3 Å². The average molecular weight is 304 g/mol. The van der Waals surface area contributed by atoms with E-state index in [4.69, 9.17) is 5.26 Å². The molecule has 1 aromatic carbocycles. The number of anilines is 2. The number of imidazole rings is 1. The minimum absolute atomic E-state index is 0.592. The molecule has 6 nitrogen and oxygen atoms in total. The molecular formula is C17H16N6. The number of pyridine rings is 1. The molecule has 2 aromatic heterocycles. The second-order valence-electron chi connectivity index (χ2n) is 5.57. The number of nitriles is 1. The molecule has 1 fully saturated rings. The Morgan fingerprint density at radius 2 is 1.78 bits per heavy atom. The van der Waals surface area contributed by atoms with Crippen molar-refractivity contribution >= 4 is 22.8 Å². The molecule has 1 aliphatic rings. The Labute approximate surface area is 134 Å². The summed E-state index contributed by atoms with van der Waals surface area (Å²) in [4.78, 5) is 16.9. The smallest absolute Gasteiger partial charge is 0.203 e. The first-order chi connectivity index (χ1) is 11.3. The fourth-order valence-corrected chi connectivity index (χ4v) is 2.88. The number of para-hydroxylation sites is 2. The largest absolute Gasteiger partial charge is 0.353 e. The zero-order valence-electron chi connectivity index (χ0n) is 12.6. The Morgan fingerprint density at radius 1 is 1.00 bits per heavy atom. The Kier molecular flexibility index (Phi) is 3.31. The van der Waals surface area contributed by atoms with Gasteiger partial charge in [-0.25, -0.2) is 9.97 Å². The number of H-pyrrole nitrogens is 1. The average Bonchev–Trinajstić information content (AvgIpc) is 3.06. The lowest BCUT2D eigenvalue weighted by Gasteiger charge is -2.35. The van der Waals surface area contributed by atoms with Crippen LogP contribution in [0.3, 0.4) is 0 Å². The fourth-order valence-electron chi connectivity index (χ4n) is 2.88. The van der Waals surface area contributed by atoms with Crippen molar-refractivity contribution in [3.05, 3.63) is 48.2 Å². The molecule has 0 radical (unpaired) electrons. The zero-order valence-corrected chi connectivity index (χ0v) is 12.6. The summed E-state index contributed by atoms with van der Waals surface area (Å²) in [5.74, 6) is 1.85. The Hall–Kier alpha value is -3.07. The maximum atomic E-state index is 8.84. The van der Waals surface area contributed by atoms with Crippen molar-refractivity contribution in [3.8, 4) is 6.07 Å². The SMILES string of the molecule is N#Cc1ccc(N2CCN(c3nc4ccccc4[nH]3)CC2)nc1. The molecular weight excluding hydrogens is 288 g/mol. The Balaban J connectivity index is 1.46. The van der Waals surface area contributed by atoms with E-state index in [-0.39, 0.29) is 0 Å². The van der Waals surface area contributed by atoms with Crippen LogP contribution in [-0.4, -0.2) is 41.1 Å². The van der Waals surface area contributed by atoms with E-state index in [0.717, 1.165) is 49.0 Å². The van der Waals surface area contributed by atoms with Gasteiger partial charge in [0.15, 0.2) is 0 Å². The van der Waals surface area contributed by atoms with Crippen molar-refractivity contribution < 1.29 is 0 Å². The molecule has 1 N–H and O–H groups in total. The van der Waals surface area contributed by atoms with E-state index in [2.05, 4.69) is 30.8 Å². The topological polar surface area (TPSA) is 71.8 Å². The minimum Gasteiger partial charge on any atom is -0.353 e. The van der Waals surface area contributed by atoms with Gasteiger partial charge in [-0.3, -0.25) is 0 Å². The fraction of sp³-hybridized carbons (Fsp3) is 0.235. The highest BCUT2D eigenvalue weighted by Gasteiger charge is 2.20. The van der Waals surface area contributed by atoms with Crippen molar-refractivity contribution in [3.63, 3.8) is 0 Å².